The minimum Gasteiger partial charge on any atom is -0.377 e. The molecule has 0 aliphatic carbocycles. The van der Waals surface area contributed by atoms with Gasteiger partial charge in [0.05, 0.1) is 0 Å². The predicted octanol–water partition coefficient (Wildman–Crippen LogP) is 2.06. The van der Waals surface area contributed by atoms with Crippen LogP contribution in [0.4, 0.5) is 5.82 Å². The molecular weight excluding hydrogens is 248 g/mol. The van der Waals surface area contributed by atoms with Gasteiger partial charge in [-0.1, -0.05) is 30.0 Å². The summed E-state index contributed by atoms with van der Waals surface area (Å²) in [6.07, 6.45) is 0. The molecule has 0 amide bonds. The van der Waals surface area contributed by atoms with Gasteiger partial charge in [0.15, 0.2) is 5.82 Å². The summed E-state index contributed by atoms with van der Waals surface area (Å²) < 4.78 is 5.03. The number of methoxy groups -OCH3 is 1. The average Bonchev–Trinajstić information content (AvgIpc) is 2.40. The molecule has 0 aliphatic heterocycles. The Labute approximate surface area is 110 Å². The molecule has 5 nitrogen and oxygen atoms in total. The number of nitrogen functional groups attached to an aromatic ring is 1. The number of hydrogen-bond acceptors (Lipinski definition) is 6. The Hall–Kier alpha value is -1.63. The van der Waals surface area contributed by atoms with E-state index in [1.807, 2.05) is 30.3 Å². The number of nitrogens with two attached hydrogens (primary N) is 1. The van der Waals surface area contributed by atoms with E-state index in [2.05, 4.69) is 15.4 Å². The third kappa shape index (κ3) is 3.43. The molecule has 0 spiro atoms. The smallest absolute Gasteiger partial charge is 0.157 e. The Morgan fingerprint density at radius 3 is 2.72 bits per heavy atom. The van der Waals surface area contributed by atoms with Crippen molar-refractivity contribution < 1.29 is 4.74 Å². The fourth-order valence-corrected chi connectivity index (χ4v) is 2.26. The van der Waals surface area contributed by atoms with Crippen LogP contribution < -0.4 is 11.3 Å². The lowest BCUT2D eigenvalue weighted by molar-refractivity contribution is 0.177. The number of hydrazine groups is 1. The molecule has 0 bridgehead atoms. The third-order valence-electron chi connectivity index (χ3n) is 2.14. The van der Waals surface area contributed by atoms with E-state index in [9.17, 15) is 0 Å². The predicted molar refractivity (Wildman–Crippen MR) is 71.1 cm³/mol. The van der Waals surface area contributed by atoms with E-state index < -0.39 is 0 Å². The van der Waals surface area contributed by atoms with Crippen LogP contribution in [-0.4, -0.2) is 17.1 Å². The Balaban J connectivity index is 2.24. The molecule has 0 saturated heterocycles. The Morgan fingerprint density at radius 1 is 1.28 bits per heavy atom. The molecule has 2 rings (SSSR count). The quantitative estimate of drug-likeness (QED) is 0.488. The maximum absolute atomic E-state index is 5.39. The second kappa shape index (κ2) is 6.34. The molecule has 0 unspecified atom stereocenters. The van der Waals surface area contributed by atoms with Gasteiger partial charge in [-0.15, -0.1) is 0 Å². The molecule has 0 fully saturated rings. The largest absolute Gasteiger partial charge is 0.377 e. The standard InChI is InChI=1S/C12H14N4OS/c1-17-8-11-14-10(16-13)7-12(15-11)18-9-5-3-2-4-6-9/h2-7H,8,13H2,1H3,(H,14,15,16). The van der Waals surface area contributed by atoms with Crippen LogP contribution in [-0.2, 0) is 11.3 Å². The molecule has 94 valence electrons. The molecule has 1 aromatic carbocycles. The van der Waals surface area contributed by atoms with Gasteiger partial charge in [0.25, 0.3) is 0 Å². The molecule has 2 aromatic rings. The fraction of sp³-hybridized carbons (Fsp3) is 0.167. The zero-order valence-corrected chi connectivity index (χ0v) is 10.8. The van der Waals surface area contributed by atoms with E-state index in [0.29, 0.717) is 18.2 Å². The number of benzene rings is 1. The average molecular weight is 262 g/mol. The van der Waals surface area contributed by atoms with Gasteiger partial charge >= 0.3 is 0 Å². The van der Waals surface area contributed by atoms with Crippen LogP contribution in [0.2, 0.25) is 0 Å². The van der Waals surface area contributed by atoms with Crippen LogP contribution in [0.25, 0.3) is 0 Å². The van der Waals surface area contributed by atoms with E-state index in [1.54, 1.807) is 24.9 Å². The SMILES string of the molecule is COCc1nc(NN)cc(Sc2ccccc2)n1. The van der Waals surface area contributed by atoms with E-state index in [1.165, 1.54) is 0 Å². The van der Waals surface area contributed by atoms with Crippen molar-refractivity contribution >= 4 is 17.6 Å². The zero-order chi connectivity index (χ0) is 12.8. The van der Waals surface area contributed by atoms with Crippen LogP contribution in [0.15, 0.2) is 46.3 Å². The third-order valence-corrected chi connectivity index (χ3v) is 3.06. The highest BCUT2D eigenvalue weighted by molar-refractivity contribution is 7.99. The number of rotatable bonds is 5. The minimum absolute atomic E-state index is 0.359. The maximum atomic E-state index is 5.39. The highest BCUT2D eigenvalue weighted by Gasteiger charge is 2.05. The monoisotopic (exact) mass is 262 g/mol. The van der Waals surface area contributed by atoms with Crippen molar-refractivity contribution in [2.24, 2.45) is 5.84 Å². The van der Waals surface area contributed by atoms with E-state index >= 15 is 0 Å². The summed E-state index contributed by atoms with van der Waals surface area (Å²) in [5, 5.41) is 0.830. The first-order chi connectivity index (χ1) is 8.81. The van der Waals surface area contributed by atoms with Crippen molar-refractivity contribution in [1.82, 2.24) is 9.97 Å². The molecule has 0 radical (unpaired) electrons. The van der Waals surface area contributed by atoms with Crippen LogP contribution in [0.1, 0.15) is 5.82 Å². The van der Waals surface area contributed by atoms with E-state index in [4.69, 9.17) is 10.6 Å². The summed E-state index contributed by atoms with van der Waals surface area (Å²) in [6, 6.07) is 11.8. The first kappa shape index (κ1) is 12.8. The van der Waals surface area contributed by atoms with Gasteiger partial charge < -0.3 is 10.2 Å². The van der Waals surface area contributed by atoms with Crippen LogP contribution in [0.3, 0.4) is 0 Å². The van der Waals surface area contributed by atoms with Gasteiger partial charge in [-0.3, -0.25) is 0 Å². The Kier molecular flexibility index (Phi) is 4.52. The number of aromatic nitrogens is 2. The minimum atomic E-state index is 0.359. The topological polar surface area (TPSA) is 73.1 Å². The second-order valence-corrected chi connectivity index (χ2v) is 4.59. The highest BCUT2D eigenvalue weighted by Crippen LogP contribution is 2.26. The normalized spacial score (nSPS) is 10.3. The fourth-order valence-electron chi connectivity index (χ4n) is 1.40. The van der Waals surface area contributed by atoms with E-state index in [-0.39, 0.29) is 0 Å². The van der Waals surface area contributed by atoms with Gasteiger partial charge in [-0.05, 0) is 12.1 Å². The van der Waals surface area contributed by atoms with Crippen molar-refractivity contribution in [1.29, 1.82) is 0 Å². The molecule has 6 heteroatoms. The summed E-state index contributed by atoms with van der Waals surface area (Å²) in [6.45, 7) is 0.359. The van der Waals surface area contributed by atoms with Crippen molar-refractivity contribution in [2.75, 3.05) is 12.5 Å². The summed E-state index contributed by atoms with van der Waals surface area (Å²) in [7, 11) is 1.61. The Morgan fingerprint density at radius 2 is 2.06 bits per heavy atom. The lowest BCUT2D eigenvalue weighted by Gasteiger charge is -2.06. The van der Waals surface area contributed by atoms with Crippen LogP contribution in [0, 0.1) is 0 Å². The molecule has 18 heavy (non-hydrogen) atoms. The maximum Gasteiger partial charge on any atom is 0.157 e. The van der Waals surface area contributed by atoms with Gasteiger partial charge in [0, 0.05) is 18.1 Å². The van der Waals surface area contributed by atoms with Crippen LogP contribution >= 0.6 is 11.8 Å². The molecule has 1 aromatic heterocycles. The second-order valence-electron chi connectivity index (χ2n) is 3.50. The van der Waals surface area contributed by atoms with E-state index in [0.717, 1.165) is 9.92 Å². The van der Waals surface area contributed by atoms with Gasteiger partial charge in [0.2, 0.25) is 0 Å². The van der Waals surface area contributed by atoms with Crippen molar-refractivity contribution in [3.05, 3.63) is 42.2 Å². The molecule has 1 heterocycles. The first-order valence-corrected chi connectivity index (χ1v) is 6.20. The molecule has 0 atom stereocenters. The highest BCUT2D eigenvalue weighted by atomic mass is 32.2. The van der Waals surface area contributed by atoms with Crippen molar-refractivity contribution in [3.8, 4) is 0 Å². The lowest BCUT2D eigenvalue weighted by atomic mass is 10.4. The number of anilines is 1. The summed E-state index contributed by atoms with van der Waals surface area (Å²) >= 11 is 1.55. The number of nitrogens with zero attached hydrogens (tertiary/aromatic N) is 2. The number of hydrogen-bond donors (Lipinski definition) is 2. The van der Waals surface area contributed by atoms with Gasteiger partial charge in [-0.2, -0.15) is 0 Å². The molecular formula is C12H14N4OS. The first-order valence-electron chi connectivity index (χ1n) is 5.38. The summed E-state index contributed by atoms with van der Waals surface area (Å²) in [5.74, 6) is 6.57. The van der Waals surface area contributed by atoms with Gasteiger partial charge in [0.1, 0.15) is 17.5 Å². The molecule has 0 aliphatic rings. The number of ether oxygens (including phenoxy) is 1. The lowest BCUT2D eigenvalue weighted by Crippen LogP contribution is -2.11. The number of nitrogens with one attached hydrogen (secondary N) is 1. The zero-order valence-electron chi connectivity index (χ0n) is 9.96. The Bertz CT molecular complexity index is 507. The van der Waals surface area contributed by atoms with Crippen molar-refractivity contribution in [2.45, 2.75) is 16.5 Å². The molecule has 3 N–H and O–H groups in total. The molecule has 0 saturated carbocycles. The van der Waals surface area contributed by atoms with Gasteiger partial charge in [-0.25, -0.2) is 15.8 Å². The van der Waals surface area contributed by atoms with Crippen LogP contribution in [0.5, 0.6) is 0 Å². The summed E-state index contributed by atoms with van der Waals surface area (Å²) in [4.78, 5) is 9.71. The van der Waals surface area contributed by atoms with Crippen molar-refractivity contribution in [3.63, 3.8) is 0 Å². The summed E-state index contributed by atoms with van der Waals surface area (Å²) in [5.41, 5.74) is 2.53.